The molecule has 0 spiro atoms. The van der Waals surface area contributed by atoms with Crippen molar-refractivity contribution in [2.24, 2.45) is 5.92 Å². The minimum Gasteiger partial charge on any atom is -0.352 e. The lowest BCUT2D eigenvalue weighted by Gasteiger charge is -2.27. The molecule has 188 valence electrons. The van der Waals surface area contributed by atoms with Crippen LogP contribution in [0.25, 0.3) is 0 Å². The van der Waals surface area contributed by atoms with Crippen LogP contribution in [0.2, 0.25) is 5.02 Å². The molecule has 6 nitrogen and oxygen atoms in total. The van der Waals surface area contributed by atoms with E-state index in [1.807, 2.05) is 6.92 Å². The van der Waals surface area contributed by atoms with Gasteiger partial charge in [0.1, 0.15) is 0 Å². The lowest BCUT2D eigenvalue weighted by molar-refractivity contribution is -0.137. The summed E-state index contributed by atoms with van der Waals surface area (Å²) in [6, 6.07) is 6.04. The van der Waals surface area contributed by atoms with Crippen molar-refractivity contribution in [1.82, 2.24) is 10.3 Å². The summed E-state index contributed by atoms with van der Waals surface area (Å²) in [6.45, 7) is 1.97. The lowest BCUT2D eigenvalue weighted by Crippen LogP contribution is -2.34. The summed E-state index contributed by atoms with van der Waals surface area (Å²) in [6.07, 6.45) is 3.74. The molecule has 1 heterocycles. The molecule has 1 amide bonds. The van der Waals surface area contributed by atoms with Gasteiger partial charge in [-0.1, -0.05) is 30.7 Å². The van der Waals surface area contributed by atoms with Crippen LogP contribution in [0.3, 0.4) is 0 Å². The van der Waals surface area contributed by atoms with Crippen molar-refractivity contribution < 1.29 is 26.4 Å². The van der Waals surface area contributed by atoms with Crippen molar-refractivity contribution in [2.75, 3.05) is 10.8 Å². The highest BCUT2D eigenvalue weighted by atomic mass is 35.5. The third kappa shape index (κ3) is 7.08. The molecular formula is C24H25ClF3N3O3S. The maximum Gasteiger partial charge on any atom is 0.416 e. The van der Waals surface area contributed by atoms with Crippen LogP contribution in [0.1, 0.15) is 37.3 Å². The predicted octanol–water partition coefficient (Wildman–Crippen LogP) is 5.47. The van der Waals surface area contributed by atoms with Gasteiger partial charge in [0, 0.05) is 31.9 Å². The molecule has 2 aromatic rings. The highest BCUT2D eigenvalue weighted by Gasteiger charge is 2.34. The first-order valence-electron chi connectivity index (χ1n) is 10.9. The Morgan fingerprint density at radius 2 is 1.94 bits per heavy atom. The standard InChI is InChI=1S/C24H25ClF3N3O3S/c1-17-4-7-20(8-5-17)35(33,34)31(22-15-19(24(26,27)28)6-9-21(22)25)14-2-3-23(32)30-16-18-10-12-29-13-11-18/h4,6-13,15,17H,2-3,5,14,16H2,1H3,(H,30,32). The molecule has 11 heteroatoms. The number of sulfonamides is 1. The fourth-order valence-corrected chi connectivity index (χ4v) is 5.31. The van der Waals surface area contributed by atoms with Crippen LogP contribution >= 0.6 is 11.6 Å². The zero-order valence-electron chi connectivity index (χ0n) is 18.9. The Morgan fingerprint density at radius 1 is 1.23 bits per heavy atom. The number of benzene rings is 1. The SMILES string of the molecule is CC1C=CC(S(=O)(=O)N(CCCC(=O)NCc2ccncc2)c2cc(C(F)(F)F)ccc2Cl)=CC1. The molecule has 0 radical (unpaired) electrons. The normalized spacial score (nSPS) is 16.0. The number of alkyl halides is 3. The molecule has 1 aromatic heterocycles. The summed E-state index contributed by atoms with van der Waals surface area (Å²) in [5, 5.41) is 2.59. The number of nitrogens with zero attached hydrogens (tertiary/aromatic N) is 2. The van der Waals surface area contributed by atoms with Crippen molar-refractivity contribution in [1.29, 1.82) is 0 Å². The molecule has 1 atom stereocenters. The third-order valence-corrected chi connectivity index (χ3v) is 7.59. The minimum absolute atomic E-state index is 0.0220. The molecule has 35 heavy (non-hydrogen) atoms. The van der Waals surface area contributed by atoms with Gasteiger partial charge in [0.2, 0.25) is 5.91 Å². The number of carbonyl (C=O) groups is 1. The van der Waals surface area contributed by atoms with Crippen LogP contribution < -0.4 is 9.62 Å². The fraction of sp³-hybridized carbons (Fsp3) is 0.333. The topological polar surface area (TPSA) is 79.4 Å². The quantitative estimate of drug-likeness (QED) is 0.469. The van der Waals surface area contributed by atoms with Crippen molar-refractivity contribution in [2.45, 2.75) is 38.9 Å². The molecule has 0 fully saturated rings. The van der Waals surface area contributed by atoms with E-state index in [1.165, 1.54) is 12.2 Å². The molecule has 0 saturated heterocycles. The largest absolute Gasteiger partial charge is 0.416 e. The first-order valence-corrected chi connectivity index (χ1v) is 12.7. The van der Waals surface area contributed by atoms with Gasteiger partial charge in [-0.05, 0) is 60.7 Å². The van der Waals surface area contributed by atoms with Crippen molar-refractivity contribution in [3.8, 4) is 0 Å². The van der Waals surface area contributed by atoms with Crippen LogP contribution in [0.15, 0.2) is 65.9 Å². The van der Waals surface area contributed by atoms with E-state index in [0.29, 0.717) is 6.42 Å². The summed E-state index contributed by atoms with van der Waals surface area (Å²) in [5.41, 5.74) is -0.459. The summed E-state index contributed by atoms with van der Waals surface area (Å²) in [4.78, 5) is 16.2. The van der Waals surface area contributed by atoms with Gasteiger partial charge >= 0.3 is 6.18 Å². The number of carbonyl (C=O) groups excluding carboxylic acids is 1. The Balaban J connectivity index is 1.81. The maximum atomic E-state index is 13.5. The maximum absolute atomic E-state index is 13.5. The average Bonchev–Trinajstić information content (AvgIpc) is 2.81. The Bertz CT molecular complexity index is 1220. The monoisotopic (exact) mass is 527 g/mol. The van der Waals surface area contributed by atoms with Gasteiger partial charge in [-0.3, -0.25) is 14.1 Å². The molecule has 1 aliphatic carbocycles. The Kier molecular flexibility index (Phi) is 8.60. The molecule has 1 N–H and O–H groups in total. The smallest absolute Gasteiger partial charge is 0.352 e. The summed E-state index contributed by atoms with van der Waals surface area (Å²) < 4.78 is 67.8. The Labute approximate surface area is 207 Å². The van der Waals surface area contributed by atoms with Gasteiger partial charge in [0.05, 0.1) is 21.2 Å². The molecule has 0 bridgehead atoms. The molecule has 0 saturated carbocycles. The number of allylic oxidation sites excluding steroid dienone is 3. The van der Waals surface area contributed by atoms with Gasteiger partial charge in [0.25, 0.3) is 10.0 Å². The number of pyridine rings is 1. The first kappa shape index (κ1) is 26.7. The van der Waals surface area contributed by atoms with Gasteiger partial charge in [-0.25, -0.2) is 8.42 Å². The number of aromatic nitrogens is 1. The van der Waals surface area contributed by atoms with E-state index < -0.39 is 21.8 Å². The number of halogens is 4. The highest BCUT2D eigenvalue weighted by Crippen LogP contribution is 2.38. The predicted molar refractivity (Wildman–Crippen MR) is 129 cm³/mol. The van der Waals surface area contributed by atoms with Crippen molar-refractivity contribution in [3.05, 3.63) is 82.0 Å². The molecule has 1 aromatic carbocycles. The molecule has 1 aliphatic rings. The average molecular weight is 528 g/mol. The molecule has 0 aliphatic heterocycles. The minimum atomic E-state index is -4.68. The Morgan fingerprint density at radius 3 is 2.57 bits per heavy atom. The molecule has 3 rings (SSSR count). The molecule has 1 unspecified atom stereocenters. The fourth-order valence-electron chi connectivity index (χ4n) is 3.45. The summed E-state index contributed by atoms with van der Waals surface area (Å²) in [7, 11) is -4.22. The second-order valence-electron chi connectivity index (χ2n) is 8.16. The van der Waals surface area contributed by atoms with Gasteiger partial charge in [-0.15, -0.1) is 0 Å². The second kappa shape index (κ2) is 11.3. The van der Waals surface area contributed by atoms with Gasteiger partial charge in [-0.2, -0.15) is 13.2 Å². The van der Waals surface area contributed by atoms with E-state index in [0.717, 1.165) is 28.1 Å². The number of amides is 1. The van der Waals surface area contributed by atoms with Crippen LogP contribution in [0.4, 0.5) is 18.9 Å². The number of hydrogen-bond donors (Lipinski definition) is 1. The number of nitrogens with one attached hydrogen (secondary N) is 1. The third-order valence-electron chi connectivity index (χ3n) is 5.41. The lowest BCUT2D eigenvalue weighted by atomic mass is 10.0. The number of rotatable bonds is 9. The van der Waals surface area contributed by atoms with Crippen LogP contribution in [0, 0.1) is 5.92 Å². The zero-order chi connectivity index (χ0) is 25.6. The molecular weight excluding hydrogens is 503 g/mol. The van der Waals surface area contributed by atoms with E-state index in [2.05, 4.69) is 10.3 Å². The number of anilines is 1. The van der Waals surface area contributed by atoms with E-state index in [1.54, 1.807) is 30.6 Å². The first-order chi connectivity index (χ1) is 16.5. The summed E-state index contributed by atoms with van der Waals surface area (Å²) in [5.74, 6) is -0.177. The number of hydrogen-bond acceptors (Lipinski definition) is 4. The zero-order valence-corrected chi connectivity index (χ0v) is 20.5. The Hall–Kier alpha value is -2.85. The second-order valence-corrected chi connectivity index (χ2v) is 10.4. The van der Waals surface area contributed by atoms with Gasteiger partial charge in [0.15, 0.2) is 0 Å². The van der Waals surface area contributed by atoms with E-state index >= 15 is 0 Å². The van der Waals surface area contributed by atoms with Crippen LogP contribution in [0.5, 0.6) is 0 Å². The summed E-state index contributed by atoms with van der Waals surface area (Å²) >= 11 is 6.17. The van der Waals surface area contributed by atoms with Crippen LogP contribution in [-0.2, 0) is 27.5 Å². The highest BCUT2D eigenvalue weighted by molar-refractivity contribution is 7.96. The van der Waals surface area contributed by atoms with Crippen molar-refractivity contribution in [3.63, 3.8) is 0 Å². The van der Waals surface area contributed by atoms with E-state index in [9.17, 15) is 26.4 Å². The van der Waals surface area contributed by atoms with Crippen molar-refractivity contribution >= 4 is 33.2 Å². The van der Waals surface area contributed by atoms with E-state index in [4.69, 9.17) is 11.6 Å². The van der Waals surface area contributed by atoms with E-state index in [-0.39, 0.29) is 53.4 Å². The van der Waals surface area contributed by atoms with Gasteiger partial charge < -0.3 is 5.32 Å². The van der Waals surface area contributed by atoms with Crippen LogP contribution in [-0.4, -0.2) is 25.9 Å².